The molecule has 16 heavy (non-hydrogen) atoms. The van der Waals surface area contributed by atoms with Gasteiger partial charge >= 0.3 is 21.6 Å². The SMILES string of the molecule is C=CC[C@@H](OS(=O)(=O)C(F)(F)F)C(=O)OC. The molecule has 0 bridgehead atoms. The summed E-state index contributed by atoms with van der Waals surface area (Å²) < 4.78 is 64.6. The molecule has 0 fully saturated rings. The molecular weight excluding hydrogens is 253 g/mol. The fraction of sp³-hybridized carbons (Fsp3) is 0.571. The van der Waals surface area contributed by atoms with Gasteiger partial charge in [-0.15, -0.1) is 6.58 Å². The van der Waals surface area contributed by atoms with E-state index in [-0.39, 0.29) is 0 Å². The molecule has 0 aliphatic heterocycles. The van der Waals surface area contributed by atoms with Crippen LogP contribution in [-0.2, 0) is 23.8 Å². The molecule has 0 aliphatic carbocycles. The standard InChI is InChI=1S/C7H9F3O5S/c1-3-4-5(6(11)14-2)15-16(12,13)7(8,9)10/h3,5H,1,4H2,2H3/t5-/m1/s1. The Hall–Kier alpha value is -1.09. The Morgan fingerprint density at radius 3 is 2.31 bits per heavy atom. The molecule has 1 atom stereocenters. The highest BCUT2D eigenvalue weighted by atomic mass is 32.2. The van der Waals surface area contributed by atoms with E-state index < -0.39 is 34.1 Å². The number of hydrogen-bond donors (Lipinski definition) is 0. The van der Waals surface area contributed by atoms with Crippen molar-refractivity contribution in [3.8, 4) is 0 Å². The summed E-state index contributed by atoms with van der Waals surface area (Å²) in [5, 5.41) is 0. The zero-order chi connectivity index (χ0) is 13.0. The first kappa shape index (κ1) is 14.9. The largest absolute Gasteiger partial charge is 0.523 e. The molecule has 0 spiro atoms. The van der Waals surface area contributed by atoms with Gasteiger partial charge in [-0.25, -0.2) is 8.98 Å². The van der Waals surface area contributed by atoms with E-state index in [1.54, 1.807) is 0 Å². The Morgan fingerprint density at radius 2 is 2.00 bits per heavy atom. The molecule has 0 aromatic carbocycles. The van der Waals surface area contributed by atoms with Crippen LogP contribution in [0.1, 0.15) is 6.42 Å². The lowest BCUT2D eigenvalue weighted by Crippen LogP contribution is -2.34. The van der Waals surface area contributed by atoms with Gasteiger partial charge in [0, 0.05) is 6.42 Å². The van der Waals surface area contributed by atoms with Crippen LogP contribution in [0.15, 0.2) is 12.7 Å². The quantitative estimate of drug-likeness (QED) is 0.319. The monoisotopic (exact) mass is 262 g/mol. The third-order valence-corrected chi connectivity index (χ3v) is 2.42. The fourth-order valence-electron chi connectivity index (χ4n) is 0.665. The Morgan fingerprint density at radius 1 is 1.50 bits per heavy atom. The van der Waals surface area contributed by atoms with E-state index in [0.717, 1.165) is 13.2 Å². The maximum atomic E-state index is 11.9. The van der Waals surface area contributed by atoms with Gasteiger partial charge in [0.15, 0.2) is 6.10 Å². The second kappa shape index (κ2) is 5.30. The Balaban J connectivity index is 4.90. The number of rotatable bonds is 5. The van der Waals surface area contributed by atoms with Gasteiger partial charge in [0.05, 0.1) is 7.11 Å². The predicted octanol–water partition coefficient (Wildman–Crippen LogP) is 0.970. The number of esters is 1. The summed E-state index contributed by atoms with van der Waals surface area (Å²) in [5.41, 5.74) is -5.58. The van der Waals surface area contributed by atoms with Gasteiger partial charge < -0.3 is 4.74 Å². The maximum Gasteiger partial charge on any atom is 0.523 e. The zero-order valence-corrected chi connectivity index (χ0v) is 8.97. The van der Waals surface area contributed by atoms with Gasteiger partial charge in [-0.1, -0.05) is 6.08 Å². The van der Waals surface area contributed by atoms with Gasteiger partial charge in [-0.2, -0.15) is 21.6 Å². The van der Waals surface area contributed by atoms with E-state index in [1.165, 1.54) is 0 Å². The summed E-state index contributed by atoms with van der Waals surface area (Å²) >= 11 is 0. The third-order valence-electron chi connectivity index (χ3n) is 1.37. The summed E-state index contributed by atoms with van der Waals surface area (Å²) in [7, 11) is -4.93. The van der Waals surface area contributed by atoms with Crippen LogP contribution in [0, 0.1) is 0 Å². The summed E-state index contributed by atoms with van der Waals surface area (Å²) in [6.45, 7) is 3.15. The molecule has 94 valence electrons. The lowest BCUT2D eigenvalue weighted by atomic mass is 10.2. The van der Waals surface area contributed by atoms with Crippen LogP contribution in [0.5, 0.6) is 0 Å². The average Bonchev–Trinajstić information content (AvgIpc) is 2.14. The van der Waals surface area contributed by atoms with Crippen molar-refractivity contribution in [2.24, 2.45) is 0 Å². The molecule has 0 aromatic rings. The van der Waals surface area contributed by atoms with Gasteiger partial charge in [0.2, 0.25) is 0 Å². The molecule has 0 rings (SSSR count). The van der Waals surface area contributed by atoms with Crippen molar-refractivity contribution in [3.05, 3.63) is 12.7 Å². The maximum absolute atomic E-state index is 11.9. The highest BCUT2D eigenvalue weighted by Crippen LogP contribution is 2.26. The van der Waals surface area contributed by atoms with Crippen LogP contribution in [0.3, 0.4) is 0 Å². The highest BCUT2D eigenvalue weighted by molar-refractivity contribution is 7.87. The lowest BCUT2D eigenvalue weighted by Gasteiger charge is -2.14. The van der Waals surface area contributed by atoms with Gasteiger partial charge in [0.1, 0.15) is 0 Å². The van der Waals surface area contributed by atoms with Crippen molar-refractivity contribution in [3.63, 3.8) is 0 Å². The molecule has 0 heterocycles. The molecule has 0 unspecified atom stereocenters. The molecule has 9 heteroatoms. The summed E-state index contributed by atoms with van der Waals surface area (Å²) in [6, 6.07) is 0. The first-order valence-electron chi connectivity index (χ1n) is 3.84. The average molecular weight is 262 g/mol. The van der Waals surface area contributed by atoms with Gasteiger partial charge in [-0.05, 0) is 0 Å². The van der Waals surface area contributed by atoms with Crippen LogP contribution in [-0.4, -0.2) is 33.1 Å². The topological polar surface area (TPSA) is 69.7 Å². The van der Waals surface area contributed by atoms with Crippen molar-refractivity contribution in [2.75, 3.05) is 7.11 Å². The van der Waals surface area contributed by atoms with E-state index in [0.29, 0.717) is 0 Å². The Bertz CT molecular complexity index is 359. The Kier molecular flexibility index (Phi) is 4.94. The van der Waals surface area contributed by atoms with Crippen molar-refractivity contribution in [2.45, 2.75) is 18.0 Å². The van der Waals surface area contributed by atoms with Crippen molar-refractivity contribution in [1.82, 2.24) is 0 Å². The minimum atomic E-state index is -5.82. The first-order chi connectivity index (χ1) is 7.15. The first-order valence-corrected chi connectivity index (χ1v) is 5.24. The normalized spacial score (nSPS) is 14.2. The van der Waals surface area contributed by atoms with Gasteiger partial charge in [0.25, 0.3) is 0 Å². The predicted molar refractivity (Wildman–Crippen MR) is 46.7 cm³/mol. The molecule has 5 nitrogen and oxygen atoms in total. The Labute approximate surface area is 90.0 Å². The van der Waals surface area contributed by atoms with Crippen LogP contribution in [0.2, 0.25) is 0 Å². The van der Waals surface area contributed by atoms with Gasteiger partial charge in [-0.3, -0.25) is 0 Å². The molecule has 0 N–H and O–H groups in total. The number of carbonyl (C=O) groups excluding carboxylic acids is 1. The lowest BCUT2D eigenvalue weighted by molar-refractivity contribution is -0.149. The molecule has 0 amide bonds. The van der Waals surface area contributed by atoms with Crippen LogP contribution < -0.4 is 0 Å². The fourth-order valence-corrected chi connectivity index (χ4v) is 1.24. The van der Waals surface area contributed by atoms with E-state index in [4.69, 9.17) is 0 Å². The summed E-state index contributed by atoms with van der Waals surface area (Å²) in [5.74, 6) is -1.23. The molecular formula is C7H9F3O5S. The summed E-state index contributed by atoms with van der Waals surface area (Å²) in [6.07, 6.45) is -1.26. The van der Waals surface area contributed by atoms with Crippen molar-refractivity contribution < 1.29 is 35.3 Å². The molecule has 0 radical (unpaired) electrons. The second-order valence-corrected chi connectivity index (χ2v) is 4.10. The number of hydrogen-bond acceptors (Lipinski definition) is 5. The third kappa shape index (κ3) is 3.81. The molecule has 0 aliphatic rings. The number of carbonyl (C=O) groups is 1. The minimum Gasteiger partial charge on any atom is -0.467 e. The number of halogens is 3. The van der Waals surface area contributed by atoms with Crippen LogP contribution >= 0.6 is 0 Å². The van der Waals surface area contributed by atoms with Crippen molar-refractivity contribution >= 4 is 16.1 Å². The molecule has 0 saturated carbocycles. The van der Waals surface area contributed by atoms with E-state index in [1.807, 2.05) is 0 Å². The number of ether oxygens (including phenoxy) is 1. The van der Waals surface area contributed by atoms with Crippen molar-refractivity contribution in [1.29, 1.82) is 0 Å². The molecule has 0 saturated heterocycles. The minimum absolute atomic E-state index is 0.415. The number of alkyl halides is 3. The number of methoxy groups -OCH3 is 1. The van der Waals surface area contributed by atoms with Crippen LogP contribution in [0.4, 0.5) is 13.2 Å². The zero-order valence-electron chi connectivity index (χ0n) is 8.15. The smallest absolute Gasteiger partial charge is 0.467 e. The van der Waals surface area contributed by atoms with E-state index in [2.05, 4.69) is 15.5 Å². The summed E-state index contributed by atoms with van der Waals surface area (Å²) in [4.78, 5) is 10.9. The highest BCUT2D eigenvalue weighted by Gasteiger charge is 2.49. The van der Waals surface area contributed by atoms with E-state index in [9.17, 15) is 26.4 Å². The van der Waals surface area contributed by atoms with E-state index >= 15 is 0 Å². The molecule has 0 aromatic heterocycles. The van der Waals surface area contributed by atoms with Crippen LogP contribution in [0.25, 0.3) is 0 Å². The second-order valence-electron chi connectivity index (χ2n) is 2.53.